The molecule has 1 amide bonds. The zero-order valence-electron chi connectivity index (χ0n) is 15.5. The quantitative estimate of drug-likeness (QED) is 0.361. The highest BCUT2D eigenvalue weighted by Crippen LogP contribution is 2.27. The average Bonchev–Trinajstić information content (AvgIpc) is 3.19. The maximum Gasteiger partial charge on any atom is 0.271 e. The molecule has 2 aromatic carbocycles. The number of hydrogen-bond donors (Lipinski definition) is 2. The zero-order chi connectivity index (χ0) is 20.2. The number of carbonyl (C=O) groups is 1. The third-order valence-corrected chi connectivity index (χ3v) is 6.24. The lowest BCUT2D eigenvalue weighted by Gasteiger charge is -2.02. The van der Waals surface area contributed by atoms with Crippen molar-refractivity contribution in [2.75, 3.05) is 5.32 Å². The number of aromatic amines is 1. The summed E-state index contributed by atoms with van der Waals surface area (Å²) in [4.78, 5) is 31.8. The standard InChI is InChI=1S/C20H17N5O2S2/c1-2-12-7-9-13(10-8-12)17(26)23-19-24-25-20(29-19)28-11-16-18(27)22-15-6-4-3-5-14(15)21-16/h3-10H,2,11H2,1H3,(H,22,27)(H,23,24,26). The molecular weight excluding hydrogens is 406 g/mol. The van der Waals surface area contributed by atoms with Crippen molar-refractivity contribution in [3.8, 4) is 0 Å². The van der Waals surface area contributed by atoms with E-state index in [-0.39, 0.29) is 11.5 Å². The monoisotopic (exact) mass is 423 g/mol. The van der Waals surface area contributed by atoms with Crippen molar-refractivity contribution in [3.05, 3.63) is 75.7 Å². The Hall–Kier alpha value is -3.04. The van der Waals surface area contributed by atoms with Crippen molar-refractivity contribution in [2.45, 2.75) is 23.4 Å². The van der Waals surface area contributed by atoms with Crippen molar-refractivity contribution >= 4 is 45.2 Å². The van der Waals surface area contributed by atoms with Crippen LogP contribution in [0.3, 0.4) is 0 Å². The van der Waals surface area contributed by atoms with E-state index >= 15 is 0 Å². The number of benzene rings is 2. The van der Waals surface area contributed by atoms with Gasteiger partial charge in [0, 0.05) is 11.3 Å². The molecule has 0 aliphatic heterocycles. The number of aryl methyl sites for hydroxylation is 1. The number of carbonyl (C=O) groups excluding carboxylic acids is 1. The van der Waals surface area contributed by atoms with Gasteiger partial charge in [0.05, 0.1) is 11.0 Å². The third-order valence-electron chi connectivity index (χ3n) is 4.25. The number of amides is 1. The lowest BCUT2D eigenvalue weighted by atomic mass is 10.1. The number of hydrogen-bond acceptors (Lipinski definition) is 7. The van der Waals surface area contributed by atoms with Crippen LogP contribution in [0, 0.1) is 0 Å². The molecule has 0 atom stereocenters. The van der Waals surface area contributed by atoms with Crippen LogP contribution in [-0.2, 0) is 12.2 Å². The largest absolute Gasteiger partial charge is 0.319 e. The summed E-state index contributed by atoms with van der Waals surface area (Å²) in [6, 6.07) is 14.9. The van der Waals surface area contributed by atoms with Gasteiger partial charge in [-0.25, -0.2) is 4.98 Å². The Morgan fingerprint density at radius 2 is 1.93 bits per heavy atom. The molecule has 7 nitrogen and oxygen atoms in total. The van der Waals surface area contributed by atoms with Gasteiger partial charge in [-0.15, -0.1) is 10.2 Å². The van der Waals surface area contributed by atoms with Crippen molar-refractivity contribution < 1.29 is 4.79 Å². The predicted molar refractivity (Wildman–Crippen MR) is 116 cm³/mol. The Morgan fingerprint density at radius 1 is 1.14 bits per heavy atom. The molecule has 9 heteroatoms. The van der Waals surface area contributed by atoms with Gasteiger partial charge in [-0.3, -0.25) is 14.9 Å². The van der Waals surface area contributed by atoms with E-state index in [4.69, 9.17) is 0 Å². The van der Waals surface area contributed by atoms with Gasteiger partial charge in [-0.05, 0) is 36.2 Å². The number of thioether (sulfide) groups is 1. The van der Waals surface area contributed by atoms with Gasteiger partial charge in [0.2, 0.25) is 5.13 Å². The Kier molecular flexibility index (Phi) is 5.68. The summed E-state index contributed by atoms with van der Waals surface area (Å²) in [5, 5.41) is 11.3. The molecule has 0 bridgehead atoms. The first-order chi connectivity index (χ1) is 14.1. The summed E-state index contributed by atoms with van der Waals surface area (Å²) in [6.07, 6.45) is 0.924. The lowest BCUT2D eigenvalue weighted by Crippen LogP contribution is -2.14. The lowest BCUT2D eigenvalue weighted by molar-refractivity contribution is 0.102. The van der Waals surface area contributed by atoms with Crippen molar-refractivity contribution in [3.63, 3.8) is 0 Å². The summed E-state index contributed by atoms with van der Waals surface area (Å²) in [5.41, 5.74) is 3.39. The molecular formula is C20H17N5O2S2. The molecule has 0 aliphatic rings. The number of anilines is 1. The molecule has 2 N–H and O–H groups in total. The van der Waals surface area contributed by atoms with E-state index in [1.54, 1.807) is 12.1 Å². The Balaban J connectivity index is 1.41. The summed E-state index contributed by atoms with van der Waals surface area (Å²) >= 11 is 2.62. The average molecular weight is 424 g/mol. The summed E-state index contributed by atoms with van der Waals surface area (Å²) < 4.78 is 0.649. The van der Waals surface area contributed by atoms with E-state index in [2.05, 4.69) is 32.4 Å². The van der Waals surface area contributed by atoms with Crippen LogP contribution >= 0.6 is 23.1 Å². The highest BCUT2D eigenvalue weighted by Gasteiger charge is 2.12. The number of nitrogens with one attached hydrogen (secondary N) is 2. The summed E-state index contributed by atoms with van der Waals surface area (Å²) in [6.45, 7) is 2.07. The van der Waals surface area contributed by atoms with E-state index in [1.165, 1.54) is 28.7 Å². The molecule has 4 aromatic rings. The Labute approximate surface area is 174 Å². The van der Waals surface area contributed by atoms with Crippen LogP contribution in [0.15, 0.2) is 57.7 Å². The van der Waals surface area contributed by atoms with Crippen molar-refractivity contribution in [1.82, 2.24) is 20.2 Å². The zero-order valence-corrected chi connectivity index (χ0v) is 17.1. The van der Waals surface area contributed by atoms with Gasteiger partial charge in [0.25, 0.3) is 11.5 Å². The second-order valence-electron chi connectivity index (χ2n) is 6.20. The molecule has 146 valence electrons. The fourth-order valence-corrected chi connectivity index (χ4v) is 4.35. The third kappa shape index (κ3) is 4.52. The minimum Gasteiger partial charge on any atom is -0.319 e. The van der Waals surface area contributed by atoms with Crippen LogP contribution in [0.25, 0.3) is 11.0 Å². The van der Waals surface area contributed by atoms with Crippen LogP contribution in [0.1, 0.15) is 28.5 Å². The van der Waals surface area contributed by atoms with Crippen LogP contribution in [0.2, 0.25) is 0 Å². The number of nitrogens with zero attached hydrogens (tertiary/aromatic N) is 3. The molecule has 2 heterocycles. The first kappa shape index (κ1) is 19.3. The van der Waals surface area contributed by atoms with Crippen LogP contribution in [-0.4, -0.2) is 26.1 Å². The fraction of sp³-hybridized carbons (Fsp3) is 0.150. The molecule has 4 rings (SSSR count). The number of rotatable bonds is 6. The minimum absolute atomic E-state index is 0.218. The molecule has 0 spiro atoms. The van der Waals surface area contributed by atoms with Crippen LogP contribution < -0.4 is 10.9 Å². The number of para-hydroxylation sites is 2. The molecule has 0 fully saturated rings. The molecule has 0 radical (unpaired) electrons. The van der Waals surface area contributed by atoms with Crippen molar-refractivity contribution in [1.29, 1.82) is 0 Å². The number of aromatic nitrogens is 4. The number of fused-ring (bicyclic) bond motifs is 1. The van der Waals surface area contributed by atoms with E-state index in [0.717, 1.165) is 11.9 Å². The normalized spacial score (nSPS) is 10.9. The second-order valence-corrected chi connectivity index (χ2v) is 8.40. The highest BCUT2D eigenvalue weighted by molar-refractivity contribution is 8.00. The molecule has 0 saturated carbocycles. The van der Waals surface area contributed by atoms with E-state index in [1.807, 2.05) is 36.4 Å². The topological polar surface area (TPSA) is 101 Å². The van der Waals surface area contributed by atoms with Crippen molar-refractivity contribution in [2.24, 2.45) is 0 Å². The second kappa shape index (κ2) is 8.54. The molecule has 0 aliphatic carbocycles. The first-order valence-electron chi connectivity index (χ1n) is 8.97. The van der Waals surface area contributed by atoms with Gasteiger partial charge in [0.1, 0.15) is 5.69 Å². The maximum atomic E-state index is 12.3. The van der Waals surface area contributed by atoms with Crippen LogP contribution in [0.5, 0.6) is 0 Å². The SMILES string of the molecule is CCc1ccc(C(=O)Nc2nnc(SCc3nc4ccccc4[nH]c3=O)s2)cc1. The molecule has 0 saturated heterocycles. The van der Waals surface area contributed by atoms with Gasteiger partial charge in [-0.2, -0.15) is 0 Å². The van der Waals surface area contributed by atoms with Gasteiger partial charge < -0.3 is 4.98 Å². The smallest absolute Gasteiger partial charge is 0.271 e. The van der Waals surface area contributed by atoms with Gasteiger partial charge >= 0.3 is 0 Å². The molecule has 2 aromatic heterocycles. The van der Waals surface area contributed by atoms with E-state index in [0.29, 0.717) is 32.0 Å². The maximum absolute atomic E-state index is 12.3. The van der Waals surface area contributed by atoms with Gasteiger partial charge in [0.15, 0.2) is 4.34 Å². The molecule has 29 heavy (non-hydrogen) atoms. The minimum atomic E-state index is -0.229. The number of H-pyrrole nitrogens is 1. The van der Waals surface area contributed by atoms with Crippen LogP contribution in [0.4, 0.5) is 5.13 Å². The fourth-order valence-electron chi connectivity index (χ4n) is 2.68. The Bertz CT molecular complexity index is 1220. The van der Waals surface area contributed by atoms with E-state index < -0.39 is 0 Å². The predicted octanol–water partition coefficient (Wildman–Crippen LogP) is 3.88. The summed E-state index contributed by atoms with van der Waals surface area (Å²) in [7, 11) is 0. The molecule has 0 unspecified atom stereocenters. The Morgan fingerprint density at radius 3 is 2.72 bits per heavy atom. The van der Waals surface area contributed by atoms with E-state index in [9.17, 15) is 9.59 Å². The first-order valence-corrected chi connectivity index (χ1v) is 10.8. The summed E-state index contributed by atoms with van der Waals surface area (Å²) in [5.74, 6) is 0.134. The highest BCUT2D eigenvalue weighted by atomic mass is 32.2. The van der Waals surface area contributed by atoms with Gasteiger partial charge in [-0.1, -0.05) is 54.3 Å².